The number of aromatic amines is 1. The van der Waals surface area contributed by atoms with Crippen LogP contribution in [-0.4, -0.2) is 96.1 Å². The molecule has 2 saturated heterocycles. The lowest BCUT2D eigenvalue weighted by Gasteiger charge is -2.36. The molecule has 0 spiro atoms. The number of nitrogens with one attached hydrogen (secondary N) is 5. The zero-order valence-corrected chi connectivity index (χ0v) is 22.6. The molecule has 2 fully saturated rings. The monoisotopic (exact) mass is 558 g/mol. The minimum Gasteiger partial charge on any atom is -0.370 e. The van der Waals surface area contributed by atoms with Crippen LogP contribution in [0.3, 0.4) is 0 Å². The van der Waals surface area contributed by atoms with Gasteiger partial charge in [-0.05, 0) is 48.5 Å². The van der Waals surface area contributed by atoms with Gasteiger partial charge in [0, 0.05) is 81.2 Å². The number of H-pyrrole nitrogens is 1. The molecule has 2 aliphatic rings. The van der Waals surface area contributed by atoms with Gasteiger partial charge >= 0.3 is 0 Å². The van der Waals surface area contributed by atoms with Crippen molar-refractivity contribution in [2.45, 2.75) is 0 Å². The number of rotatable bonds is 6. The number of anilines is 4. The van der Waals surface area contributed by atoms with E-state index in [1.807, 2.05) is 58.3 Å². The van der Waals surface area contributed by atoms with Gasteiger partial charge in [-0.3, -0.25) is 25.5 Å². The number of guanidine groups is 2. The second-order valence-electron chi connectivity index (χ2n) is 9.89. The quantitative estimate of drug-likeness (QED) is 0.170. The Hall–Kier alpha value is -5.27. The maximum Gasteiger partial charge on any atom is 0.276 e. The molecule has 5 rings (SSSR count). The number of carbonyl (C=O) groups is 2. The summed E-state index contributed by atoms with van der Waals surface area (Å²) in [5.41, 5.74) is 14.7. The van der Waals surface area contributed by atoms with Crippen LogP contribution in [0.25, 0.3) is 0 Å². The summed E-state index contributed by atoms with van der Waals surface area (Å²) >= 11 is 0. The molecule has 14 heteroatoms. The number of piperazine rings is 2. The van der Waals surface area contributed by atoms with Crippen molar-refractivity contribution < 1.29 is 9.59 Å². The maximum absolute atomic E-state index is 12.8. The molecule has 0 bridgehead atoms. The van der Waals surface area contributed by atoms with Gasteiger partial charge in [0.15, 0.2) is 17.6 Å². The molecule has 2 aliphatic heterocycles. The summed E-state index contributed by atoms with van der Waals surface area (Å²) < 4.78 is 0. The molecule has 2 amide bonds. The molecule has 2 aromatic carbocycles. The summed E-state index contributed by atoms with van der Waals surface area (Å²) in [5.74, 6) is -0.659. The Morgan fingerprint density at radius 3 is 1.51 bits per heavy atom. The third-order valence-corrected chi connectivity index (χ3v) is 7.28. The molecule has 0 aliphatic carbocycles. The average Bonchev–Trinajstić information content (AvgIpc) is 3.49. The zero-order valence-electron chi connectivity index (χ0n) is 22.6. The van der Waals surface area contributed by atoms with Crippen LogP contribution in [0.5, 0.6) is 0 Å². The van der Waals surface area contributed by atoms with Crippen LogP contribution in [0.15, 0.2) is 54.6 Å². The second-order valence-corrected chi connectivity index (χ2v) is 9.89. The van der Waals surface area contributed by atoms with Gasteiger partial charge in [-0.1, -0.05) is 0 Å². The van der Waals surface area contributed by atoms with Crippen molar-refractivity contribution >= 4 is 46.5 Å². The first kappa shape index (κ1) is 27.3. The van der Waals surface area contributed by atoms with Gasteiger partial charge in [-0.15, -0.1) is 0 Å². The molecule has 3 aromatic rings. The minimum atomic E-state index is -0.433. The van der Waals surface area contributed by atoms with Crippen molar-refractivity contribution in [1.29, 1.82) is 10.8 Å². The number of amides is 2. The molecule has 0 unspecified atom stereocenters. The van der Waals surface area contributed by atoms with E-state index in [0.29, 0.717) is 37.6 Å². The molecule has 9 N–H and O–H groups in total. The van der Waals surface area contributed by atoms with E-state index in [0.717, 1.165) is 37.6 Å². The number of hydrogen-bond donors (Lipinski definition) is 7. The standard InChI is InChI=1S/C27H34N12O2/c28-26(29)38-13-9-36(10-14-38)20-5-1-18(2-6-20)32-24(40)22-17-23(35-34-22)25(41)33-19-3-7-21(8-4-19)37-11-15-39(16-12-37)27(30)31/h1-8,17H,9-16H2,(H3,28,29)(H3,30,31)(H,32,40)(H,33,41)(H,34,35). The summed E-state index contributed by atoms with van der Waals surface area (Å²) in [6.45, 7) is 5.79. The Bertz CT molecular complexity index is 1300. The van der Waals surface area contributed by atoms with Crippen molar-refractivity contribution in [3.8, 4) is 0 Å². The first-order chi connectivity index (χ1) is 19.8. The van der Waals surface area contributed by atoms with Crippen molar-refractivity contribution in [2.75, 3.05) is 72.8 Å². The van der Waals surface area contributed by atoms with E-state index in [1.54, 1.807) is 0 Å². The Kier molecular flexibility index (Phi) is 7.90. The largest absolute Gasteiger partial charge is 0.370 e. The molecule has 3 heterocycles. The summed E-state index contributed by atoms with van der Waals surface area (Å²) in [5, 5.41) is 27.4. The van der Waals surface area contributed by atoms with Crippen LogP contribution in [0.2, 0.25) is 0 Å². The van der Waals surface area contributed by atoms with Crippen LogP contribution >= 0.6 is 0 Å². The lowest BCUT2D eigenvalue weighted by molar-refractivity contribution is 0.101. The van der Waals surface area contributed by atoms with E-state index >= 15 is 0 Å². The van der Waals surface area contributed by atoms with E-state index in [1.165, 1.54) is 6.07 Å². The Morgan fingerprint density at radius 1 is 0.683 bits per heavy atom. The van der Waals surface area contributed by atoms with E-state index in [-0.39, 0.29) is 23.3 Å². The smallest absolute Gasteiger partial charge is 0.276 e. The van der Waals surface area contributed by atoms with Crippen LogP contribution in [0.1, 0.15) is 21.0 Å². The Morgan fingerprint density at radius 2 is 1.10 bits per heavy atom. The predicted molar refractivity (Wildman–Crippen MR) is 159 cm³/mol. The van der Waals surface area contributed by atoms with Gasteiger partial charge in [-0.2, -0.15) is 5.10 Å². The molecule has 14 nitrogen and oxygen atoms in total. The van der Waals surface area contributed by atoms with Gasteiger partial charge in [0.2, 0.25) is 0 Å². The van der Waals surface area contributed by atoms with Crippen LogP contribution in [-0.2, 0) is 0 Å². The molecule has 0 radical (unpaired) electrons. The van der Waals surface area contributed by atoms with Crippen LogP contribution in [0, 0.1) is 10.8 Å². The first-order valence-electron chi connectivity index (χ1n) is 13.3. The van der Waals surface area contributed by atoms with Gasteiger partial charge in [0.25, 0.3) is 11.8 Å². The summed E-state index contributed by atoms with van der Waals surface area (Å²) in [4.78, 5) is 33.6. The van der Waals surface area contributed by atoms with Gasteiger partial charge in [-0.25, -0.2) is 0 Å². The molecule has 214 valence electrons. The van der Waals surface area contributed by atoms with Gasteiger partial charge in [0.05, 0.1) is 0 Å². The van der Waals surface area contributed by atoms with E-state index in [4.69, 9.17) is 22.3 Å². The predicted octanol–water partition coefficient (Wildman–Crippen LogP) is 0.945. The number of nitrogens with zero attached hydrogens (tertiary/aromatic N) is 5. The number of carbonyl (C=O) groups excluding carboxylic acids is 2. The molecule has 0 saturated carbocycles. The van der Waals surface area contributed by atoms with Crippen molar-refractivity contribution in [1.82, 2.24) is 20.0 Å². The summed E-state index contributed by atoms with van der Waals surface area (Å²) in [7, 11) is 0. The first-order valence-corrected chi connectivity index (χ1v) is 13.3. The highest BCUT2D eigenvalue weighted by molar-refractivity contribution is 6.07. The Balaban J connectivity index is 1.12. The minimum absolute atomic E-state index is 0.0913. The second kappa shape index (κ2) is 11.9. The van der Waals surface area contributed by atoms with Crippen molar-refractivity contribution in [3.05, 3.63) is 66.0 Å². The van der Waals surface area contributed by atoms with E-state index in [2.05, 4.69) is 30.6 Å². The summed E-state index contributed by atoms with van der Waals surface area (Å²) in [6.07, 6.45) is 0. The highest BCUT2D eigenvalue weighted by atomic mass is 16.2. The van der Waals surface area contributed by atoms with Gasteiger partial charge < -0.3 is 41.7 Å². The number of aromatic nitrogens is 2. The number of nitrogens with two attached hydrogens (primary N) is 2. The fourth-order valence-corrected chi connectivity index (χ4v) is 4.87. The van der Waals surface area contributed by atoms with E-state index in [9.17, 15) is 9.59 Å². The SMILES string of the molecule is N=C(N)N1CCN(c2ccc(NC(=O)c3cc(C(=O)Nc4ccc(N5CCN(C(=N)N)CC5)cc4)[nH]n3)cc2)CC1. The fourth-order valence-electron chi connectivity index (χ4n) is 4.87. The highest BCUT2D eigenvalue weighted by Gasteiger charge is 2.20. The topological polar surface area (TPSA) is 200 Å². The third-order valence-electron chi connectivity index (χ3n) is 7.28. The Labute approximate surface area is 237 Å². The van der Waals surface area contributed by atoms with E-state index < -0.39 is 11.8 Å². The molecule has 41 heavy (non-hydrogen) atoms. The van der Waals surface area contributed by atoms with Crippen LogP contribution < -0.4 is 31.9 Å². The zero-order chi connectivity index (χ0) is 28.9. The normalized spacial score (nSPS) is 15.4. The molecule has 1 aromatic heterocycles. The average molecular weight is 559 g/mol. The highest BCUT2D eigenvalue weighted by Crippen LogP contribution is 2.21. The third kappa shape index (κ3) is 6.49. The molecule has 0 atom stereocenters. The fraction of sp³-hybridized carbons (Fsp3) is 0.296. The molecular weight excluding hydrogens is 524 g/mol. The summed E-state index contributed by atoms with van der Waals surface area (Å²) in [6, 6.07) is 16.4. The van der Waals surface area contributed by atoms with Crippen molar-refractivity contribution in [2.24, 2.45) is 11.5 Å². The number of hydrogen-bond acceptors (Lipinski definition) is 7. The molecular formula is C27H34N12O2. The number of benzene rings is 2. The van der Waals surface area contributed by atoms with Crippen LogP contribution in [0.4, 0.5) is 22.7 Å². The lowest BCUT2D eigenvalue weighted by atomic mass is 10.2. The van der Waals surface area contributed by atoms with Gasteiger partial charge in [0.1, 0.15) is 5.69 Å². The maximum atomic E-state index is 12.8. The van der Waals surface area contributed by atoms with Crippen molar-refractivity contribution in [3.63, 3.8) is 0 Å². The lowest BCUT2D eigenvalue weighted by Crippen LogP contribution is -2.50.